The zero-order chi connectivity index (χ0) is 23.0. The van der Waals surface area contributed by atoms with Crippen molar-refractivity contribution in [2.45, 2.75) is 52.4 Å². The maximum absolute atomic E-state index is 13.1. The number of carbonyl (C=O) groups excluding carboxylic acids is 1. The fourth-order valence-electron chi connectivity index (χ4n) is 3.84. The first-order valence-electron chi connectivity index (χ1n) is 10.6. The molecule has 0 unspecified atom stereocenters. The molecule has 0 bridgehead atoms. The zero-order valence-electron chi connectivity index (χ0n) is 19.5. The van der Waals surface area contributed by atoms with E-state index in [9.17, 15) is 9.90 Å². The Bertz CT molecular complexity index is 1050. The Morgan fingerprint density at radius 1 is 0.839 bits per heavy atom. The van der Waals surface area contributed by atoms with Crippen LogP contribution in [0.3, 0.4) is 0 Å². The van der Waals surface area contributed by atoms with Crippen molar-refractivity contribution < 1.29 is 14.6 Å². The van der Waals surface area contributed by atoms with Crippen LogP contribution in [0.5, 0.6) is 5.75 Å². The lowest BCUT2D eigenvalue weighted by Gasteiger charge is -2.29. The maximum Gasteiger partial charge on any atom is 0.190 e. The summed E-state index contributed by atoms with van der Waals surface area (Å²) in [6.07, 6.45) is 5.16. The van der Waals surface area contributed by atoms with Gasteiger partial charge in [0.2, 0.25) is 0 Å². The van der Waals surface area contributed by atoms with Gasteiger partial charge in [-0.15, -0.1) is 0 Å². The summed E-state index contributed by atoms with van der Waals surface area (Å²) in [5.74, 6) is 0.770. The van der Waals surface area contributed by atoms with E-state index in [4.69, 9.17) is 4.74 Å². The topological polar surface area (TPSA) is 46.5 Å². The molecular formula is C28H32O3. The lowest BCUT2D eigenvalue weighted by molar-refractivity contribution is -0.111. The lowest BCUT2D eigenvalue weighted by atomic mass is 9.76. The number of benzene rings is 2. The van der Waals surface area contributed by atoms with Crippen molar-refractivity contribution in [1.82, 2.24) is 0 Å². The number of phenolic OH excluding ortho intramolecular Hbond substituents is 1. The van der Waals surface area contributed by atoms with Crippen LogP contribution in [0.15, 0.2) is 72.0 Å². The number of allylic oxidation sites excluding steroid dienone is 4. The molecule has 3 heteroatoms. The molecule has 2 aromatic rings. The van der Waals surface area contributed by atoms with E-state index < -0.39 is 0 Å². The number of methoxy groups -OCH3 is 1. The van der Waals surface area contributed by atoms with Crippen molar-refractivity contribution in [1.29, 1.82) is 0 Å². The number of rotatable bonds is 3. The number of hydrogen-bond donors (Lipinski definition) is 1. The summed E-state index contributed by atoms with van der Waals surface area (Å²) in [4.78, 5) is 13.1. The van der Waals surface area contributed by atoms with Gasteiger partial charge in [0.15, 0.2) is 5.78 Å². The molecule has 0 atom stereocenters. The standard InChI is InChI=1S/C28H32O3/c1-27(2,3)22-15-19(16-23(26(22)30)28(4,5)6)25(18-11-9-8-10-12-18)21-14-13-20(31-7)17-24(21)29/h8-17,30H,1-7H3. The Balaban J connectivity index is 2.39. The number of phenols is 1. The molecule has 2 aromatic carbocycles. The average Bonchev–Trinajstić information content (AvgIpc) is 2.69. The highest BCUT2D eigenvalue weighted by Gasteiger charge is 2.28. The van der Waals surface area contributed by atoms with Crippen LogP contribution in [0, 0.1) is 0 Å². The van der Waals surface area contributed by atoms with Crippen LogP contribution < -0.4 is 0 Å². The van der Waals surface area contributed by atoms with Crippen molar-refractivity contribution in [2.75, 3.05) is 7.11 Å². The smallest absolute Gasteiger partial charge is 0.190 e. The summed E-state index contributed by atoms with van der Waals surface area (Å²) in [5.41, 5.74) is 4.54. The van der Waals surface area contributed by atoms with Crippen molar-refractivity contribution >= 4 is 11.4 Å². The minimum Gasteiger partial charge on any atom is -0.507 e. The quantitative estimate of drug-likeness (QED) is 0.584. The zero-order valence-corrected chi connectivity index (χ0v) is 19.5. The van der Waals surface area contributed by atoms with Gasteiger partial charge in [0.25, 0.3) is 0 Å². The van der Waals surface area contributed by atoms with E-state index in [0.717, 1.165) is 27.8 Å². The molecule has 0 aromatic heterocycles. The summed E-state index contributed by atoms with van der Waals surface area (Å²) in [5, 5.41) is 11.1. The number of ketones is 1. The van der Waals surface area contributed by atoms with Gasteiger partial charge in [0.1, 0.15) is 11.5 Å². The summed E-state index contributed by atoms with van der Waals surface area (Å²) in [6.45, 7) is 12.5. The molecular weight excluding hydrogens is 384 g/mol. The molecule has 3 rings (SSSR count). The number of ether oxygens (including phenoxy) is 1. The van der Waals surface area contributed by atoms with Gasteiger partial charge in [-0.05, 0) is 46.2 Å². The Morgan fingerprint density at radius 2 is 1.39 bits per heavy atom. The van der Waals surface area contributed by atoms with Gasteiger partial charge >= 0.3 is 0 Å². The molecule has 0 saturated heterocycles. The van der Waals surface area contributed by atoms with Gasteiger partial charge in [-0.1, -0.05) is 71.9 Å². The van der Waals surface area contributed by atoms with Crippen LogP contribution in [0.4, 0.5) is 0 Å². The number of aromatic hydroxyl groups is 1. The molecule has 1 aliphatic rings. The first-order chi connectivity index (χ1) is 14.4. The third kappa shape index (κ3) is 4.66. The molecule has 0 saturated carbocycles. The molecule has 0 amide bonds. The van der Waals surface area contributed by atoms with E-state index in [0.29, 0.717) is 17.1 Å². The van der Waals surface area contributed by atoms with Crippen molar-refractivity contribution in [2.24, 2.45) is 0 Å². The van der Waals surface area contributed by atoms with E-state index in [1.54, 1.807) is 7.11 Å². The van der Waals surface area contributed by atoms with Gasteiger partial charge in [-0.2, -0.15) is 0 Å². The number of carbonyl (C=O) groups is 1. The second-order valence-electron chi connectivity index (χ2n) is 10.0. The summed E-state index contributed by atoms with van der Waals surface area (Å²) < 4.78 is 5.24. The van der Waals surface area contributed by atoms with Crippen LogP contribution in [-0.2, 0) is 20.4 Å². The Hall–Kier alpha value is -3.07. The van der Waals surface area contributed by atoms with Gasteiger partial charge in [-0.3, -0.25) is 4.79 Å². The predicted molar refractivity (Wildman–Crippen MR) is 127 cm³/mol. The van der Waals surface area contributed by atoms with Crippen LogP contribution in [0.25, 0.3) is 5.57 Å². The van der Waals surface area contributed by atoms with Gasteiger partial charge in [0.05, 0.1) is 7.11 Å². The summed E-state index contributed by atoms with van der Waals surface area (Å²) in [6, 6.07) is 14.0. The van der Waals surface area contributed by atoms with E-state index in [1.807, 2.05) is 54.6 Å². The monoisotopic (exact) mass is 416 g/mol. The molecule has 0 radical (unpaired) electrons. The second kappa shape index (κ2) is 8.22. The molecule has 1 N–H and O–H groups in total. The van der Waals surface area contributed by atoms with E-state index in [2.05, 4.69) is 41.5 Å². The Kier molecular flexibility index (Phi) is 6.00. The molecule has 1 aliphatic carbocycles. The van der Waals surface area contributed by atoms with Crippen LogP contribution >= 0.6 is 0 Å². The fourth-order valence-corrected chi connectivity index (χ4v) is 3.84. The molecule has 0 fully saturated rings. The van der Waals surface area contributed by atoms with E-state index in [1.165, 1.54) is 6.08 Å². The molecule has 3 nitrogen and oxygen atoms in total. The average molecular weight is 417 g/mol. The van der Waals surface area contributed by atoms with Crippen molar-refractivity contribution in [3.8, 4) is 5.75 Å². The minimum atomic E-state index is -0.262. The lowest BCUT2D eigenvalue weighted by Crippen LogP contribution is -2.18. The van der Waals surface area contributed by atoms with Gasteiger partial charge in [-0.25, -0.2) is 0 Å². The predicted octanol–water partition coefficient (Wildman–Crippen LogP) is 6.46. The molecule has 0 heterocycles. The van der Waals surface area contributed by atoms with Gasteiger partial charge < -0.3 is 9.84 Å². The molecule has 0 spiro atoms. The summed E-state index contributed by atoms with van der Waals surface area (Å²) in [7, 11) is 1.56. The maximum atomic E-state index is 13.1. The third-order valence-electron chi connectivity index (χ3n) is 5.54. The van der Waals surface area contributed by atoms with Crippen molar-refractivity contribution in [3.05, 3.63) is 94.3 Å². The third-order valence-corrected chi connectivity index (χ3v) is 5.54. The van der Waals surface area contributed by atoms with Gasteiger partial charge in [0, 0.05) is 28.3 Å². The van der Waals surface area contributed by atoms with Crippen LogP contribution in [0.2, 0.25) is 0 Å². The molecule has 162 valence electrons. The van der Waals surface area contributed by atoms with Crippen molar-refractivity contribution in [3.63, 3.8) is 0 Å². The number of hydrogen-bond acceptors (Lipinski definition) is 3. The first-order valence-corrected chi connectivity index (χ1v) is 10.6. The Labute approximate surface area is 185 Å². The largest absolute Gasteiger partial charge is 0.507 e. The highest BCUT2D eigenvalue weighted by molar-refractivity contribution is 6.15. The van der Waals surface area contributed by atoms with E-state index >= 15 is 0 Å². The SMILES string of the molecule is COC1=CC(=O)C(=C(c2ccccc2)c2cc(C(C)(C)C)c(O)c(C(C)(C)C)c2)C=C1. The normalized spacial score (nSPS) is 16.2. The molecule has 0 aliphatic heterocycles. The fraction of sp³-hybridized carbons (Fsp3) is 0.321. The first kappa shape index (κ1) is 22.6. The second-order valence-corrected chi connectivity index (χ2v) is 10.0. The van der Waals surface area contributed by atoms with Crippen LogP contribution in [0.1, 0.15) is 63.8 Å². The minimum absolute atomic E-state index is 0.0964. The Morgan fingerprint density at radius 3 is 1.84 bits per heavy atom. The highest BCUT2D eigenvalue weighted by atomic mass is 16.5. The highest BCUT2D eigenvalue weighted by Crippen LogP contribution is 2.42. The molecule has 31 heavy (non-hydrogen) atoms. The summed E-state index contributed by atoms with van der Waals surface area (Å²) >= 11 is 0. The van der Waals surface area contributed by atoms with E-state index in [-0.39, 0.29) is 16.6 Å². The van der Waals surface area contributed by atoms with Crippen LogP contribution in [-0.4, -0.2) is 18.0 Å².